The van der Waals surface area contributed by atoms with Crippen LogP contribution in [0.15, 0.2) is 22.7 Å². The largest absolute Gasteiger partial charge is 0.490 e. The van der Waals surface area contributed by atoms with Crippen molar-refractivity contribution < 1.29 is 18.7 Å². The summed E-state index contributed by atoms with van der Waals surface area (Å²) in [6, 6.07) is 4.53. The number of rotatable bonds is 3. The van der Waals surface area contributed by atoms with Crippen molar-refractivity contribution in [3.05, 3.63) is 28.5 Å². The predicted octanol–water partition coefficient (Wildman–Crippen LogP) is 4.02. The molecular formula is C15H19BrFNO3. The van der Waals surface area contributed by atoms with Gasteiger partial charge in [0.1, 0.15) is 23.8 Å². The Morgan fingerprint density at radius 3 is 2.57 bits per heavy atom. The summed E-state index contributed by atoms with van der Waals surface area (Å²) in [6.07, 6.45) is 0.755. The third-order valence-electron chi connectivity index (χ3n) is 3.00. The number of nitrogens with one attached hydrogen (secondary N) is 1. The van der Waals surface area contributed by atoms with Gasteiger partial charge in [0.25, 0.3) is 0 Å². The van der Waals surface area contributed by atoms with Crippen LogP contribution in [0, 0.1) is 5.82 Å². The molecule has 116 valence electrons. The van der Waals surface area contributed by atoms with E-state index in [4.69, 9.17) is 9.47 Å². The van der Waals surface area contributed by atoms with Crippen LogP contribution in [0.2, 0.25) is 0 Å². The Morgan fingerprint density at radius 2 is 2.00 bits per heavy atom. The van der Waals surface area contributed by atoms with Gasteiger partial charge in [-0.05, 0) is 54.9 Å². The summed E-state index contributed by atoms with van der Waals surface area (Å²) in [6.45, 7) is 5.69. The van der Waals surface area contributed by atoms with E-state index < -0.39 is 6.09 Å². The molecule has 4 nitrogen and oxygen atoms in total. The lowest BCUT2D eigenvalue weighted by Gasteiger charge is -2.35. The van der Waals surface area contributed by atoms with Crippen LogP contribution in [0.25, 0.3) is 0 Å². The number of hydrogen-bond donors (Lipinski definition) is 1. The molecule has 0 spiro atoms. The molecule has 0 unspecified atom stereocenters. The lowest BCUT2D eigenvalue weighted by molar-refractivity contribution is -0.0244. The highest BCUT2D eigenvalue weighted by Crippen LogP contribution is 2.30. The van der Waals surface area contributed by atoms with Gasteiger partial charge in [-0.25, -0.2) is 9.18 Å². The molecule has 6 heteroatoms. The zero-order valence-electron chi connectivity index (χ0n) is 12.3. The van der Waals surface area contributed by atoms with Crippen molar-refractivity contribution in [1.82, 2.24) is 5.32 Å². The van der Waals surface area contributed by atoms with Gasteiger partial charge in [0.05, 0.1) is 4.47 Å². The number of amides is 1. The zero-order chi connectivity index (χ0) is 15.6. The van der Waals surface area contributed by atoms with Crippen molar-refractivity contribution in [3.8, 4) is 5.75 Å². The second kappa shape index (κ2) is 6.22. The fourth-order valence-corrected chi connectivity index (χ4v) is 2.30. The van der Waals surface area contributed by atoms with Gasteiger partial charge in [-0.2, -0.15) is 0 Å². The fraction of sp³-hybridized carbons (Fsp3) is 0.533. The summed E-state index contributed by atoms with van der Waals surface area (Å²) in [7, 11) is 0. The molecule has 1 amide bonds. The van der Waals surface area contributed by atoms with Gasteiger partial charge in [-0.1, -0.05) is 0 Å². The number of benzene rings is 1. The first-order valence-corrected chi connectivity index (χ1v) is 7.63. The Morgan fingerprint density at radius 1 is 1.33 bits per heavy atom. The molecule has 0 heterocycles. The summed E-state index contributed by atoms with van der Waals surface area (Å²) in [4.78, 5) is 11.6. The normalized spacial score (nSPS) is 21.4. The van der Waals surface area contributed by atoms with Crippen molar-refractivity contribution in [2.24, 2.45) is 0 Å². The average molecular weight is 360 g/mol. The van der Waals surface area contributed by atoms with E-state index >= 15 is 0 Å². The molecule has 2 rings (SSSR count). The van der Waals surface area contributed by atoms with Crippen LogP contribution in [0.3, 0.4) is 0 Å². The Hall–Kier alpha value is -1.30. The minimum Gasteiger partial charge on any atom is -0.490 e. The summed E-state index contributed by atoms with van der Waals surface area (Å²) in [5.41, 5.74) is -0.308. The van der Waals surface area contributed by atoms with E-state index in [1.807, 2.05) is 20.8 Å². The lowest BCUT2D eigenvalue weighted by atomic mass is 9.92. The van der Waals surface area contributed by atoms with Gasteiger partial charge in [0.15, 0.2) is 0 Å². The highest BCUT2D eigenvalue weighted by Gasteiger charge is 2.34. The minimum absolute atomic E-state index is 0.00482. The van der Waals surface area contributed by atoms with Crippen LogP contribution in [0.4, 0.5) is 9.18 Å². The van der Waals surface area contributed by atoms with Gasteiger partial charge in [-0.3, -0.25) is 0 Å². The minimum atomic E-state index is -0.407. The van der Waals surface area contributed by atoms with Crippen molar-refractivity contribution in [2.45, 2.75) is 51.4 Å². The van der Waals surface area contributed by atoms with Gasteiger partial charge >= 0.3 is 6.09 Å². The first-order valence-electron chi connectivity index (χ1n) is 6.83. The van der Waals surface area contributed by atoms with Crippen LogP contribution in [0.1, 0.15) is 33.6 Å². The lowest BCUT2D eigenvalue weighted by Crippen LogP contribution is -2.46. The van der Waals surface area contributed by atoms with E-state index in [0.29, 0.717) is 23.1 Å². The number of halogens is 2. The third-order valence-corrected chi connectivity index (χ3v) is 3.60. The smallest absolute Gasteiger partial charge is 0.407 e. The van der Waals surface area contributed by atoms with Crippen molar-refractivity contribution >= 4 is 22.0 Å². The Kier molecular flexibility index (Phi) is 4.76. The number of ether oxygens (including phenoxy) is 2. The summed E-state index contributed by atoms with van der Waals surface area (Å²) >= 11 is 3.12. The first kappa shape index (κ1) is 16.1. The quantitative estimate of drug-likeness (QED) is 0.886. The maximum atomic E-state index is 13.1. The topological polar surface area (TPSA) is 47.6 Å². The van der Waals surface area contributed by atoms with Gasteiger partial charge in [0.2, 0.25) is 0 Å². The molecule has 0 aromatic heterocycles. The maximum absolute atomic E-state index is 13.1. The SMILES string of the molecule is CC(C)(C)NC(=O)OC1CC(Oc2ccc(F)c(Br)c2)C1. The van der Waals surface area contributed by atoms with Crippen LogP contribution < -0.4 is 10.1 Å². The molecule has 1 aliphatic rings. The van der Waals surface area contributed by atoms with Gasteiger partial charge in [-0.15, -0.1) is 0 Å². The Labute approximate surface area is 132 Å². The van der Waals surface area contributed by atoms with Crippen LogP contribution >= 0.6 is 15.9 Å². The molecular weight excluding hydrogens is 341 g/mol. The van der Waals surface area contributed by atoms with Crippen LogP contribution in [0.5, 0.6) is 5.75 Å². The molecule has 1 fully saturated rings. The Bertz CT molecular complexity index is 524. The van der Waals surface area contributed by atoms with Crippen LogP contribution in [-0.2, 0) is 4.74 Å². The number of carbonyl (C=O) groups is 1. The standard InChI is InChI=1S/C15H19BrFNO3/c1-15(2,3)18-14(19)21-11-6-10(7-11)20-9-4-5-13(17)12(16)8-9/h4-5,8,10-11H,6-7H2,1-3H3,(H,18,19). The molecule has 0 aliphatic heterocycles. The molecule has 0 saturated heterocycles. The highest BCUT2D eigenvalue weighted by atomic mass is 79.9. The number of carbonyl (C=O) groups excluding carboxylic acids is 1. The summed E-state index contributed by atoms with van der Waals surface area (Å²) < 4.78 is 24.4. The zero-order valence-corrected chi connectivity index (χ0v) is 13.9. The van der Waals surface area contributed by atoms with Crippen molar-refractivity contribution in [3.63, 3.8) is 0 Å². The molecule has 0 radical (unpaired) electrons. The second-order valence-electron chi connectivity index (χ2n) is 6.19. The van der Waals surface area contributed by atoms with E-state index in [1.54, 1.807) is 12.1 Å². The molecule has 0 bridgehead atoms. The van der Waals surface area contributed by atoms with Gasteiger partial charge < -0.3 is 14.8 Å². The molecule has 0 atom stereocenters. The van der Waals surface area contributed by atoms with E-state index in [9.17, 15) is 9.18 Å². The summed E-state index contributed by atoms with van der Waals surface area (Å²) in [5.74, 6) is 0.280. The van der Waals surface area contributed by atoms with E-state index in [1.165, 1.54) is 6.07 Å². The second-order valence-corrected chi connectivity index (χ2v) is 7.04. The van der Waals surface area contributed by atoms with Crippen LogP contribution in [-0.4, -0.2) is 23.8 Å². The molecule has 1 N–H and O–H groups in total. The fourth-order valence-electron chi connectivity index (χ4n) is 1.94. The predicted molar refractivity (Wildman–Crippen MR) is 80.9 cm³/mol. The van der Waals surface area contributed by atoms with Crippen molar-refractivity contribution in [1.29, 1.82) is 0 Å². The van der Waals surface area contributed by atoms with E-state index in [-0.39, 0.29) is 23.6 Å². The average Bonchev–Trinajstić information content (AvgIpc) is 2.28. The molecule has 1 aromatic rings. The molecule has 21 heavy (non-hydrogen) atoms. The van der Waals surface area contributed by atoms with E-state index in [2.05, 4.69) is 21.2 Å². The highest BCUT2D eigenvalue weighted by molar-refractivity contribution is 9.10. The molecule has 1 aromatic carbocycles. The monoisotopic (exact) mass is 359 g/mol. The third kappa shape index (κ3) is 4.88. The summed E-state index contributed by atoms with van der Waals surface area (Å²) in [5, 5.41) is 2.75. The van der Waals surface area contributed by atoms with E-state index in [0.717, 1.165) is 0 Å². The maximum Gasteiger partial charge on any atom is 0.407 e. The van der Waals surface area contributed by atoms with Gasteiger partial charge in [0, 0.05) is 18.4 Å². The molecule has 1 aliphatic carbocycles. The number of hydrogen-bond acceptors (Lipinski definition) is 3. The molecule has 1 saturated carbocycles. The van der Waals surface area contributed by atoms with Crippen molar-refractivity contribution in [2.75, 3.05) is 0 Å². The first-order chi connectivity index (χ1) is 9.73. The Balaban J connectivity index is 1.74. The number of alkyl carbamates (subject to hydrolysis) is 1.